The third kappa shape index (κ3) is 4.90. The van der Waals surface area contributed by atoms with Gasteiger partial charge in [-0.15, -0.1) is 6.58 Å². The zero-order chi connectivity index (χ0) is 15.8. The molecule has 6 heteroatoms. The first-order valence-electron chi connectivity index (χ1n) is 7.35. The van der Waals surface area contributed by atoms with Gasteiger partial charge in [0.15, 0.2) is 0 Å². The quantitative estimate of drug-likeness (QED) is 0.721. The Hall–Kier alpha value is -1.82. The predicted molar refractivity (Wildman–Crippen MR) is 84.3 cm³/mol. The van der Waals surface area contributed by atoms with Crippen molar-refractivity contribution in [3.05, 3.63) is 24.5 Å². The summed E-state index contributed by atoms with van der Waals surface area (Å²) in [7, 11) is 0. The molecule has 0 saturated heterocycles. The fourth-order valence-electron chi connectivity index (χ4n) is 2.14. The van der Waals surface area contributed by atoms with E-state index in [1.165, 1.54) is 4.90 Å². The monoisotopic (exact) mass is 294 g/mol. The maximum absolute atomic E-state index is 12.2. The van der Waals surface area contributed by atoms with Gasteiger partial charge in [-0.05, 0) is 12.3 Å². The van der Waals surface area contributed by atoms with E-state index in [2.05, 4.69) is 30.8 Å². The molecule has 2 N–H and O–H groups in total. The first kappa shape index (κ1) is 17.2. The van der Waals surface area contributed by atoms with Gasteiger partial charge < -0.3 is 15.3 Å². The van der Waals surface area contributed by atoms with Crippen LogP contribution in [-0.4, -0.2) is 45.5 Å². The van der Waals surface area contributed by atoms with Crippen LogP contribution in [0.25, 0.3) is 0 Å². The van der Waals surface area contributed by atoms with E-state index in [9.17, 15) is 4.79 Å². The molecule has 6 nitrogen and oxygen atoms in total. The fourth-order valence-corrected chi connectivity index (χ4v) is 2.14. The first-order valence-corrected chi connectivity index (χ1v) is 7.35. The number of carbonyl (C=O) groups is 1. The fraction of sp³-hybridized carbons (Fsp3) is 0.600. The summed E-state index contributed by atoms with van der Waals surface area (Å²) in [4.78, 5) is 13.7. The number of anilines is 1. The molecule has 1 aromatic rings. The number of urea groups is 1. The van der Waals surface area contributed by atoms with Gasteiger partial charge >= 0.3 is 6.03 Å². The number of nitrogens with zero attached hydrogens (tertiary/aromatic N) is 3. The van der Waals surface area contributed by atoms with Crippen LogP contribution in [0.15, 0.2) is 18.9 Å². The van der Waals surface area contributed by atoms with Crippen LogP contribution < -0.4 is 5.32 Å². The van der Waals surface area contributed by atoms with E-state index >= 15 is 0 Å². The third-order valence-corrected chi connectivity index (χ3v) is 3.07. The summed E-state index contributed by atoms with van der Waals surface area (Å²) in [5.74, 6) is 0.491. The average Bonchev–Trinajstić information content (AvgIpc) is 2.79. The zero-order valence-corrected chi connectivity index (χ0v) is 13.2. The standard InChI is InChI=1S/C15H26N4O2/c1-5-7-18(8-9-20)15(21)17-13-10-16-19(11-12(3)4)14(13)6-2/h5,10,12,20H,1,6-9,11H2,2-4H3,(H,17,21). The van der Waals surface area contributed by atoms with Crippen LogP contribution in [-0.2, 0) is 13.0 Å². The number of hydrogen-bond acceptors (Lipinski definition) is 3. The van der Waals surface area contributed by atoms with Crippen LogP contribution in [0.4, 0.5) is 10.5 Å². The molecule has 0 bridgehead atoms. The van der Waals surface area contributed by atoms with Crippen molar-refractivity contribution in [1.29, 1.82) is 0 Å². The molecular formula is C15H26N4O2. The van der Waals surface area contributed by atoms with Gasteiger partial charge in [0.25, 0.3) is 0 Å². The molecule has 0 spiro atoms. The Balaban J connectivity index is 2.83. The number of carbonyl (C=O) groups excluding carboxylic acids is 1. The van der Waals surface area contributed by atoms with E-state index in [-0.39, 0.29) is 19.2 Å². The van der Waals surface area contributed by atoms with Gasteiger partial charge in [0, 0.05) is 19.6 Å². The van der Waals surface area contributed by atoms with E-state index in [1.54, 1.807) is 12.3 Å². The molecule has 1 heterocycles. The number of hydrogen-bond donors (Lipinski definition) is 2. The van der Waals surface area contributed by atoms with E-state index < -0.39 is 0 Å². The van der Waals surface area contributed by atoms with Gasteiger partial charge in [0.05, 0.1) is 24.2 Å². The summed E-state index contributed by atoms with van der Waals surface area (Å²) in [5, 5.41) is 16.2. The summed E-state index contributed by atoms with van der Waals surface area (Å²) in [6.07, 6.45) is 4.12. The smallest absolute Gasteiger partial charge is 0.322 e. The van der Waals surface area contributed by atoms with E-state index in [4.69, 9.17) is 5.11 Å². The number of aliphatic hydroxyl groups is 1. The van der Waals surface area contributed by atoms with Crippen molar-refractivity contribution in [2.24, 2.45) is 5.92 Å². The van der Waals surface area contributed by atoms with Gasteiger partial charge in [-0.2, -0.15) is 5.10 Å². The lowest BCUT2D eigenvalue weighted by Crippen LogP contribution is -2.37. The summed E-state index contributed by atoms with van der Waals surface area (Å²) in [5.41, 5.74) is 1.75. The van der Waals surface area contributed by atoms with E-state index in [0.717, 1.165) is 24.3 Å². The molecule has 0 aliphatic heterocycles. The Bertz CT molecular complexity index is 468. The number of rotatable bonds is 8. The van der Waals surface area contributed by atoms with Crippen molar-refractivity contribution in [3.8, 4) is 0 Å². The molecule has 118 valence electrons. The molecule has 0 unspecified atom stereocenters. The lowest BCUT2D eigenvalue weighted by atomic mass is 10.2. The zero-order valence-electron chi connectivity index (χ0n) is 13.2. The van der Waals surface area contributed by atoms with Crippen molar-refractivity contribution in [2.45, 2.75) is 33.7 Å². The minimum atomic E-state index is -0.247. The second-order valence-corrected chi connectivity index (χ2v) is 5.32. The normalized spacial score (nSPS) is 10.7. The number of amides is 2. The number of aliphatic hydroxyl groups excluding tert-OH is 1. The first-order chi connectivity index (χ1) is 10.0. The minimum Gasteiger partial charge on any atom is -0.395 e. The molecule has 2 amide bonds. The highest BCUT2D eigenvalue weighted by Crippen LogP contribution is 2.17. The minimum absolute atomic E-state index is 0.0749. The second-order valence-electron chi connectivity index (χ2n) is 5.32. The Morgan fingerprint density at radius 2 is 2.33 bits per heavy atom. The Kier molecular flexibility index (Phi) is 6.94. The molecule has 1 aromatic heterocycles. The van der Waals surface area contributed by atoms with Crippen LogP contribution in [0.2, 0.25) is 0 Å². The summed E-state index contributed by atoms with van der Waals surface area (Å²) in [6.45, 7) is 11.4. The van der Waals surface area contributed by atoms with Gasteiger partial charge in [-0.3, -0.25) is 4.68 Å². The predicted octanol–water partition coefficient (Wildman–Crippen LogP) is 2.11. The van der Waals surface area contributed by atoms with Gasteiger partial charge in [0.2, 0.25) is 0 Å². The third-order valence-electron chi connectivity index (χ3n) is 3.07. The highest BCUT2D eigenvalue weighted by Gasteiger charge is 2.16. The summed E-state index contributed by atoms with van der Waals surface area (Å²) in [6, 6.07) is -0.247. The SMILES string of the molecule is C=CCN(CCO)C(=O)Nc1cnn(CC(C)C)c1CC. The van der Waals surface area contributed by atoms with Crippen LogP contribution >= 0.6 is 0 Å². The van der Waals surface area contributed by atoms with Gasteiger partial charge in [0.1, 0.15) is 0 Å². The molecule has 1 rings (SSSR count). The average molecular weight is 294 g/mol. The number of nitrogens with one attached hydrogen (secondary N) is 1. The van der Waals surface area contributed by atoms with Crippen LogP contribution in [0.3, 0.4) is 0 Å². The van der Waals surface area contributed by atoms with Crippen molar-refractivity contribution >= 4 is 11.7 Å². The lowest BCUT2D eigenvalue weighted by molar-refractivity contribution is 0.195. The molecule has 0 aliphatic rings. The molecule has 0 saturated carbocycles. The molecule has 0 aromatic carbocycles. The van der Waals surface area contributed by atoms with E-state index in [0.29, 0.717) is 12.5 Å². The molecular weight excluding hydrogens is 268 g/mol. The van der Waals surface area contributed by atoms with Crippen molar-refractivity contribution in [2.75, 3.05) is 25.0 Å². The molecule has 0 atom stereocenters. The van der Waals surface area contributed by atoms with Gasteiger partial charge in [-0.25, -0.2) is 4.79 Å². The lowest BCUT2D eigenvalue weighted by Gasteiger charge is -2.20. The topological polar surface area (TPSA) is 70.4 Å². The maximum Gasteiger partial charge on any atom is 0.322 e. The molecule has 21 heavy (non-hydrogen) atoms. The van der Waals surface area contributed by atoms with Crippen molar-refractivity contribution in [1.82, 2.24) is 14.7 Å². The van der Waals surface area contributed by atoms with Crippen LogP contribution in [0.1, 0.15) is 26.5 Å². The van der Waals surface area contributed by atoms with Crippen molar-refractivity contribution in [3.63, 3.8) is 0 Å². The summed E-state index contributed by atoms with van der Waals surface area (Å²) >= 11 is 0. The highest BCUT2D eigenvalue weighted by atomic mass is 16.3. The summed E-state index contributed by atoms with van der Waals surface area (Å²) < 4.78 is 1.93. The Morgan fingerprint density at radius 1 is 1.62 bits per heavy atom. The van der Waals surface area contributed by atoms with Crippen molar-refractivity contribution < 1.29 is 9.90 Å². The molecule has 0 aliphatic carbocycles. The maximum atomic E-state index is 12.2. The Morgan fingerprint density at radius 3 is 2.86 bits per heavy atom. The molecule has 0 fully saturated rings. The second kappa shape index (κ2) is 8.46. The van der Waals surface area contributed by atoms with Crippen LogP contribution in [0, 0.1) is 5.92 Å². The largest absolute Gasteiger partial charge is 0.395 e. The van der Waals surface area contributed by atoms with E-state index in [1.807, 2.05) is 11.6 Å². The highest BCUT2D eigenvalue weighted by molar-refractivity contribution is 5.89. The van der Waals surface area contributed by atoms with Crippen LogP contribution in [0.5, 0.6) is 0 Å². The molecule has 0 radical (unpaired) electrons. The number of aromatic nitrogens is 2. The van der Waals surface area contributed by atoms with Gasteiger partial charge in [-0.1, -0.05) is 26.8 Å². The Labute approximate surface area is 126 Å².